The topological polar surface area (TPSA) is 110 Å². The first-order chi connectivity index (χ1) is 18.4. The molecule has 0 fully saturated rings. The average Bonchev–Trinajstić information content (AvgIpc) is 3.31. The largest absolute Gasteiger partial charge is 0.457 e. The Hall–Kier alpha value is -4.44. The van der Waals surface area contributed by atoms with Crippen molar-refractivity contribution < 1.29 is 18.7 Å². The molecule has 2 heterocycles. The summed E-state index contributed by atoms with van der Waals surface area (Å²) in [4.78, 5) is 28.8. The summed E-state index contributed by atoms with van der Waals surface area (Å²) < 4.78 is 21.1. The number of carbonyl (C=O) groups is 2. The van der Waals surface area contributed by atoms with Gasteiger partial charge in [0.25, 0.3) is 5.91 Å². The lowest BCUT2D eigenvalue weighted by molar-refractivity contribution is 0.0957. The number of rotatable bonds is 6. The van der Waals surface area contributed by atoms with Crippen LogP contribution in [0.5, 0.6) is 11.5 Å². The van der Waals surface area contributed by atoms with E-state index in [1.54, 1.807) is 30.3 Å². The SMILES string of the molecule is CNC(=O)c1cc(Oc2ccc(NC(=O)Nc3cc(C(C)(C)C)nn3-c3ccc(F)c(Cl)c3)c(C)c2)ccn1. The zero-order valence-electron chi connectivity index (χ0n) is 22.1. The molecule has 0 aliphatic heterocycles. The molecule has 0 saturated carbocycles. The zero-order chi connectivity index (χ0) is 28.3. The van der Waals surface area contributed by atoms with Gasteiger partial charge in [-0.2, -0.15) is 5.10 Å². The Bertz CT molecular complexity index is 1550. The van der Waals surface area contributed by atoms with Gasteiger partial charge in [-0.05, 0) is 55.0 Å². The maximum Gasteiger partial charge on any atom is 0.324 e. The van der Waals surface area contributed by atoms with Crippen molar-refractivity contribution in [3.63, 3.8) is 0 Å². The molecule has 0 saturated heterocycles. The minimum atomic E-state index is -0.547. The Balaban J connectivity index is 1.52. The van der Waals surface area contributed by atoms with Gasteiger partial charge in [0.1, 0.15) is 28.8 Å². The molecule has 11 heteroatoms. The molecule has 0 unspecified atom stereocenters. The summed E-state index contributed by atoms with van der Waals surface area (Å²) in [6.45, 7) is 7.83. The number of amides is 3. The van der Waals surface area contributed by atoms with E-state index in [0.717, 1.165) is 11.3 Å². The van der Waals surface area contributed by atoms with Gasteiger partial charge in [0.05, 0.1) is 16.4 Å². The minimum absolute atomic E-state index is 0.0507. The molecule has 39 heavy (non-hydrogen) atoms. The summed E-state index contributed by atoms with van der Waals surface area (Å²) in [5.41, 5.74) is 2.47. The second kappa shape index (κ2) is 11.1. The number of nitrogens with zero attached hydrogens (tertiary/aromatic N) is 3. The lowest BCUT2D eigenvalue weighted by Gasteiger charge is -2.14. The highest BCUT2D eigenvalue weighted by atomic mass is 35.5. The highest BCUT2D eigenvalue weighted by molar-refractivity contribution is 6.30. The number of pyridine rings is 1. The third-order valence-corrected chi connectivity index (χ3v) is 6.03. The van der Waals surface area contributed by atoms with Crippen LogP contribution >= 0.6 is 11.6 Å². The summed E-state index contributed by atoms with van der Waals surface area (Å²) in [5.74, 6) is 0.497. The lowest BCUT2D eigenvalue weighted by atomic mass is 9.92. The number of urea groups is 1. The van der Waals surface area contributed by atoms with Crippen LogP contribution in [0.15, 0.2) is 60.8 Å². The fraction of sp³-hybridized carbons (Fsp3) is 0.214. The molecular formula is C28H28ClFN6O3. The Morgan fingerprint density at radius 2 is 1.74 bits per heavy atom. The molecule has 0 spiro atoms. The highest BCUT2D eigenvalue weighted by Crippen LogP contribution is 2.29. The second-order valence-corrected chi connectivity index (χ2v) is 10.2. The van der Waals surface area contributed by atoms with Crippen molar-refractivity contribution in [1.29, 1.82) is 0 Å². The van der Waals surface area contributed by atoms with E-state index in [0.29, 0.717) is 28.7 Å². The smallest absolute Gasteiger partial charge is 0.324 e. The van der Waals surface area contributed by atoms with E-state index in [-0.39, 0.29) is 22.0 Å². The molecule has 3 amide bonds. The first kappa shape index (κ1) is 27.6. The molecule has 4 aromatic rings. The number of aromatic nitrogens is 3. The summed E-state index contributed by atoms with van der Waals surface area (Å²) in [6.07, 6.45) is 1.49. The molecule has 0 aliphatic carbocycles. The van der Waals surface area contributed by atoms with Crippen molar-refractivity contribution in [3.05, 3.63) is 88.6 Å². The molecule has 0 bridgehead atoms. The van der Waals surface area contributed by atoms with Crippen molar-refractivity contribution in [1.82, 2.24) is 20.1 Å². The Morgan fingerprint density at radius 1 is 1.00 bits per heavy atom. The monoisotopic (exact) mass is 550 g/mol. The average molecular weight is 551 g/mol. The van der Waals surface area contributed by atoms with Gasteiger partial charge in [-0.25, -0.2) is 13.9 Å². The van der Waals surface area contributed by atoms with E-state index in [2.05, 4.69) is 26.0 Å². The van der Waals surface area contributed by atoms with E-state index in [1.807, 2.05) is 27.7 Å². The third kappa shape index (κ3) is 6.53. The van der Waals surface area contributed by atoms with Crippen LogP contribution in [0.4, 0.5) is 20.7 Å². The Kier molecular flexibility index (Phi) is 7.87. The summed E-state index contributed by atoms with van der Waals surface area (Å²) in [7, 11) is 1.53. The number of nitrogens with one attached hydrogen (secondary N) is 3. The van der Waals surface area contributed by atoms with Crippen LogP contribution in [0, 0.1) is 12.7 Å². The molecule has 0 radical (unpaired) electrons. The molecule has 9 nitrogen and oxygen atoms in total. The van der Waals surface area contributed by atoms with E-state index < -0.39 is 11.8 Å². The number of benzene rings is 2. The van der Waals surface area contributed by atoms with Gasteiger partial charge in [0, 0.05) is 36.5 Å². The van der Waals surface area contributed by atoms with Gasteiger partial charge in [0.2, 0.25) is 0 Å². The fourth-order valence-corrected chi connectivity index (χ4v) is 3.80. The number of carbonyl (C=O) groups excluding carboxylic acids is 2. The molecule has 0 atom stereocenters. The lowest BCUT2D eigenvalue weighted by Crippen LogP contribution is -2.21. The van der Waals surface area contributed by atoms with Gasteiger partial charge in [-0.3, -0.25) is 15.1 Å². The summed E-state index contributed by atoms with van der Waals surface area (Å²) in [5, 5.41) is 12.7. The predicted octanol–water partition coefficient (Wildman–Crippen LogP) is 6.46. The van der Waals surface area contributed by atoms with E-state index in [9.17, 15) is 14.0 Å². The van der Waals surface area contributed by atoms with E-state index in [1.165, 1.54) is 42.2 Å². The summed E-state index contributed by atoms with van der Waals surface area (Å²) >= 11 is 5.99. The zero-order valence-corrected chi connectivity index (χ0v) is 22.9. The second-order valence-electron chi connectivity index (χ2n) is 9.79. The van der Waals surface area contributed by atoms with Crippen molar-refractivity contribution >= 4 is 35.0 Å². The molecule has 2 aromatic heterocycles. The first-order valence-electron chi connectivity index (χ1n) is 12.0. The van der Waals surface area contributed by atoms with Crippen LogP contribution in [0.3, 0.4) is 0 Å². The van der Waals surface area contributed by atoms with Crippen LogP contribution in [0.25, 0.3) is 5.69 Å². The Labute approximate surface area is 230 Å². The molecular weight excluding hydrogens is 523 g/mol. The molecule has 4 rings (SSSR count). The standard InChI is InChI=1S/C28H28ClFN6O3/c1-16-12-18(39-19-10-11-32-23(14-19)26(37)31-5)7-9-22(16)33-27(38)34-25-15-24(28(2,3)4)35-36(25)17-6-8-21(30)20(29)13-17/h6-15H,1-5H3,(H,31,37)(H2,33,34,38). The van der Waals surface area contributed by atoms with Crippen molar-refractivity contribution in [2.24, 2.45) is 0 Å². The molecule has 2 aromatic carbocycles. The maximum absolute atomic E-state index is 13.7. The third-order valence-electron chi connectivity index (χ3n) is 5.74. The van der Waals surface area contributed by atoms with Crippen molar-refractivity contribution in [2.75, 3.05) is 17.7 Å². The van der Waals surface area contributed by atoms with Crippen LogP contribution in [0.2, 0.25) is 5.02 Å². The number of anilines is 2. The number of aryl methyl sites for hydroxylation is 1. The van der Waals surface area contributed by atoms with Crippen LogP contribution in [-0.2, 0) is 5.41 Å². The number of hydrogen-bond donors (Lipinski definition) is 3. The van der Waals surface area contributed by atoms with Gasteiger partial charge >= 0.3 is 6.03 Å². The van der Waals surface area contributed by atoms with Crippen LogP contribution in [-0.4, -0.2) is 33.8 Å². The normalized spacial score (nSPS) is 11.2. The summed E-state index contributed by atoms with van der Waals surface area (Å²) in [6, 6.07) is 13.9. The fourth-order valence-electron chi connectivity index (χ4n) is 3.62. The van der Waals surface area contributed by atoms with Gasteiger partial charge < -0.3 is 15.4 Å². The minimum Gasteiger partial charge on any atom is -0.457 e. The predicted molar refractivity (Wildman–Crippen MR) is 149 cm³/mol. The van der Waals surface area contributed by atoms with Gasteiger partial charge in [0.15, 0.2) is 0 Å². The molecule has 0 aliphatic rings. The van der Waals surface area contributed by atoms with Crippen LogP contribution in [0.1, 0.15) is 42.5 Å². The number of hydrogen-bond acceptors (Lipinski definition) is 5. The molecule has 3 N–H and O–H groups in total. The quantitative estimate of drug-likeness (QED) is 0.255. The van der Waals surface area contributed by atoms with E-state index in [4.69, 9.17) is 16.3 Å². The number of halogens is 2. The van der Waals surface area contributed by atoms with E-state index >= 15 is 0 Å². The van der Waals surface area contributed by atoms with Gasteiger partial charge in [-0.15, -0.1) is 0 Å². The van der Waals surface area contributed by atoms with Gasteiger partial charge in [-0.1, -0.05) is 32.4 Å². The van der Waals surface area contributed by atoms with Crippen molar-refractivity contribution in [3.8, 4) is 17.2 Å². The maximum atomic E-state index is 13.7. The Morgan fingerprint density at radius 3 is 2.41 bits per heavy atom. The first-order valence-corrected chi connectivity index (χ1v) is 12.4. The molecule has 202 valence electrons. The number of ether oxygens (including phenoxy) is 1. The van der Waals surface area contributed by atoms with Crippen LogP contribution < -0.4 is 20.7 Å². The highest BCUT2D eigenvalue weighted by Gasteiger charge is 2.22. The van der Waals surface area contributed by atoms with Crippen molar-refractivity contribution in [2.45, 2.75) is 33.1 Å².